The Labute approximate surface area is 109 Å². The summed E-state index contributed by atoms with van der Waals surface area (Å²) in [6, 6.07) is 10.5. The van der Waals surface area contributed by atoms with Gasteiger partial charge in [0.05, 0.1) is 12.2 Å². The fourth-order valence-electron chi connectivity index (χ4n) is 2.62. The topological polar surface area (TPSA) is 45.0 Å². The zero-order valence-corrected chi connectivity index (χ0v) is 10.9. The maximum Gasteiger partial charge on any atom is 0.134 e. The minimum Gasteiger partial charge on any atom is -0.358 e. The first-order chi connectivity index (χ1) is 8.81. The molecule has 1 unspecified atom stereocenters. The van der Waals surface area contributed by atoms with Gasteiger partial charge in [-0.3, -0.25) is 0 Å². The molecular formula is C15H20N2O. The summed E-state index contributed by atoms with van der Waals surface area (Å²) in [4.78, 5) is 0. The molecule has 0 saturated carbocycles. The van der Waals surface area contributed by atoms with Crippen LogP contribution in [0.3, 0.4) is 0 Å². The highest BCUT2D eigenvalue weighted by Gasteiger charge is 2.25. The minimum absolute atomic E-state index is 0.0392. The van der Waals surface area contributed by atoms with E-state index >= 15 is 0 Å². The Kier molecular flexibility index (Phi) is 4.74. The maximum atomic E-state index is 8.72. The van der Waals surface area contributed by atoms with Gasteiger partial charge in [0.25, 0.3) is 0 Å². The number of benzene rings is 1. The van der Waals surface area contributed by atoms with Crippen LogP contribution in [0, 0.1) is 24.2 Å². The number of nitriles is 1. The van der Waals surface area contributed by atoms with Crippen molar-refractivity contribution in [2.45, 2.75) is 25.9 Å². The monoisotopic (exact) mass is 244 g/mol. The molecule has 0 bridgehead atoms. The molecule has 1 aromatic rings. The number of ether oxygens (including phenoxy) is 1. The summed E-state index contributed by atoms with van der Waals surface area (Å²) in [5.41, 5.74) is 2.43. The van der Waals surface area contributed by atoms with Crippen molar-refractivity contribution >= 4 is 0 Å². The smallest absolute Gasteiger partial charge is 0.134 e. The molecule has 1 N–H and O–H groups in total. The predicted molar refractivity (Wildman–Crippen MR) is 71.1 cm³/mol. The van der Waals surface area contributed by atoms with Crippen molar-refractivity contribution in [3.05, 3.63) is 35.4 Å². The van der Waals surface area contributed by atoms with Gasteiger partial charge in [-0.05, 0) is 31.9 Å². The third-order valence-corrected chi connectivity index (χ3v) is 3.46. The molecule has 1 aliphatic heterocycles. The van der Waals surface area contributed by atoms with Crippen LogP contribution in [0.5, 0.6) is 0 Å². The van der Waals surface area contributed by atoms with Crippen LogP contribution in [0.2, 0.25) is 0 Å². The number of hydrogen-bond acceptors (Lipinski definition) is 3. The summed E-state index contributed by atoms with van der Waals surface area (Å²) in [7, 11) is 0. The lowest BCUT2D eigenvalue weighted by molar-refractivity contribution is 0.0212. The molecule has 2 rings (SSSR count). The van der Waals surface area contributed by atoms with Crippen LogP contribution in [0.25, 0.3) is 0 Å². The molecule has 0 radical (unpaired) electrons. The molecule has 0 spiro atoms. The SMILES string of the molecule is Cc1cccc([C@H](OCC#N)C2CCCNC2)c1. The molecule has 0 aromatic heterocycles. The van der Waals surface area contributed by atoms with Crippen molar-refractivity contribution in [1.29, 1.82) is 5.26 Å². The van der Waals surface area contributed by atoms with Gasteiger partial charge < -0.3 is 10.1 Å². The number of nitrogens with one attached hydrogen (secondary N) is 1. The van der Waals surface area contributed by atoms with Crippen LogP contribution in [0.4, 0.5) is 0 Å². The zero-order valence-electron chi connectivity index (χ0n) is 10.9. The second-order valence-electron chi connectivity index (χ2n) is 4.91. The average molecular weight is 244 g/mol. The molecule has 0 amide bonds. The third kappa shape index (κ3) is 3.32. The lowest BCUT2D eigenvalue weighted by Crippen LogP contribution is -2.34. The summed E-state index contributed by atoms with van der Waals surface area (Å²) >= 11 is 0. The molecule has 1 aromatic carbocycles. The molecule has 1 saturated heterocycles. The second-order valence-corrected chi connectivity index (χ2v) is 4.91. The first kappa shape index (κ1) is 13.1. The van der Waals surface area contributed by atoms with Crippen LogP contribution in [-0.2, 0) is 4.74 Å². The predicted octanol–water partition coefficient (Wildman–Crippen LogP) is 2.58. The highest BCUT2D eigenvalue weighted by atomic mass is 16.5. The zero-order chi connectivity index (χ0) is 12.8. The van der Waals surface area contributed by atoms with Gasteiger partial charge in [-0.25, -0.2) is 0 Å². The average Bonchev–Trinajstić information content (AvgIpc) is 2.40. The van der Waals surface area contributed by atoms with Gasteiger partial charge >= 0.3 is 0 Å². The third-order valence-electron chi connectivity index (χ3n) is 3.46. The fourth-order valence-corrected chi connectivity index (χ4v) is 2.62. The molecule has 96 valence electrons. The van der Waals surface area contributed by atoms with Crippen molar-refractivity contribution in [3.63, 3.8) is 0 Å². The van der Waals surface area contributed by atoms with Crippen molar-refractivity contribution in [1.82, 2.24) is 5.32 Å². The molecule has 1 heterocycles. The highest BCUT2D eigenvalue weighted by Crippen LogP contribution is 2.31. The van der Waals surface area contributed by atoms with E-state index in [0.717, 1.165) is 19.5 Å². The summed E-state index contributed by atoms with van der Waals surface area (Å²) in [5, 5.41) is 12.1. The van der Waals surface area contributed by atoms with E-state index in [2.05, 4.69) is 42.6 Å². The lowest BCUT2D eigenvalue weighted by atomic mass is 9.89. The van der Waals surface area contributed by atoms with Gasteiger partial charge in [0.2, 0.25) is 0 Å². The minimum atomic E-state index is 0.0392. The standard InChI is InChI=1S/C15H20N2O/c1-12-4-2-5-13(10-12)15(18-9-7-16)14-6-3-8-17-11-14/h2,4-5,10,14-15,17H,3,6,8-9,11H2,1H3/t14?,15-/m0/s1. The van der Waals surface area contributed by atoms with Crippen molar-refractivity contribution < 1.29 is 4.74 Å². The van der Waals surface area contributed by atoms with Crippen LogP contribution in [0.15, 0.2) is 24.3 Å². The summed E-state index contributed by atoms with van der Waals surface area (Å²) in [6.07, 6.45) is 2.39. The van der Waals surface area contributed by atoms with Gasteiger partial charge in [0, 0.05) is 12.5 Å². The van der Waals surface area contributed by atoms with E-state index in [1.54, 1.807) is 0 Å². The van der Waals surface area contributed by atoms with Crippen molar-refractivity contribution in [2.24, 2.45) is 5.92 Å². The molecule has 3 nitrogen and oxygen atoms in total. The van der Waals surface area contributed by atoms with Gasteiger partial charge in [-0.15, -0.1) is 0 Å². The number of nitrogens with zero attached hydrogens (tertiary/aromatic N) is 1. The number of piperidine rings is 1. The van der Waals surface area contributed by atoms with Crippen molar-refractivity contribution in [3.8, 4) is 6.07 Å². The van der Waals surface area contributed by atoms with Crippen LogP contribution >= 0.6 is 0 Å². The largest absolute Gasteiger partial charge is 0.358 e. The lowest BCUT2D eigenvalue weighted by Gasteiger charge is -2.30. The van der Waals surface area contributed by atoms with E-state index in [-0.39, 0.29) is 12.7 Å². The maximum absolute atomic E-state index is 8.72. The van der Waals surface area contributed by atoms with Crippen molar-refractivity contribution in [2.75, 3.05) is 19.7 Å². The quantitative estimate of drug-likeness (QED) is 0.885. The van der Waals surface area contributed by atoms with E-state index in [4.69, 9.17) is 10.00 Å². The Morgan fingerprint density at radius 1 is 1.56 bits per heavy atom. The Morgan fingerprint density at radius 2 is 2.44 bits per heavy atom. The Balaban J connectivity index is 2.15. The summed E-state index contributed by atoms with van der Waals surface area (Å²) < 4.78 is 5.77. The summed E-state index contributed by atoms with van der Waals surface area (Å²) in [6.45, 7) is 4.32. The van der Waals surface area contributed by atoms with E-state index in [9.17, 15) is 0 Å². The van der Waals surface area contributed by atoms with E-state index in [1.165, 1.54) is 17.5 Å². The molecule has 1 fully saturated rings. The van der Waals surface area contributed by atoms with Gasteiger partial charge in [0.1, 0.15) is 6.61 Å². The Hall–Kier alpha value is -1.37. The normalized spacial score (nSPS) is 21.2. The van der Waals surface area contributed by atoms with Gasteiger partial charge in [0.15, 0.2) is 0 Å². The van der Waals surface area contributed by atoms with Gasteiger partial charge in [-0.2, -0.15) is 5.26 Å². The number of hydrogen-bond donors (Lipinski definition) is 1. The number of rotatable bonds is 4. The summed E-state index contributed by atoms with van der Waals surface area (Å²) in [5.74, 6) is 0.467. The van der Waals surface area contributed by atoms with E-state index < -0.39 is 0 Å². The molecular weight excluding hydrogens is 224 g/mol. The molecule has 3 heteroatoms. The molecule has 2 atom stereocenters. The molecule has 0 aliphatic carbocycles. The van der Waals surface area contributed by atoms with Crippen LogP contribution in [-0.4, -0.2) is 19.7 Å². The van der Waals surface area contributed by atoms with E-state index in [1.807, 2.05) is 0 Å². The fraction of sp³-hybridized carbons (Fsp3) is 0.533. The first-order valence-electron chi connectivity index (χ1n) is 6.57. The highest BCUT2D eigenvalue weighted by molar-refractivity contribution is 5.25. The van der Waals surface area contributed by atoms with E-state index in [0.29, 0.717) is 5.92 Å². The molecule has 18 heavy (non-hydrogen) atoms. The van der Waals surface area contributed by atoms with Crippen LogP contribution < -0.4 is 5.32 Å². The van der Waals surface area contributed by atoms with Gasteiger partial charge in [-0.1, -0.05) is 29.8 Å². The molecule has 1 aliphatic rings. The second kappa shape index (κ2) is 6.53. The number of aryl methyl sites for hydroxylation is 1. The van der Waals surface area contributed by atoms with Crippen LogP contribution in [0.1, 0.15) is 30.1 Å². The Bertz CT molecular complexity index is 419. The Morgan fingerprint density at radius 3 is 3.11 bits per heavy atom. The first-order valence-corrected chi connectivity index (χ1v) is 6.57.